The van der Waals surface area contributed by atoms with Crippen LogP contribution in [0.15, 0.2) is 77.2 Å². The van der Waals surface area contributed by atoms with Gasteiger partial charge >= 0.3 is 0 Å². The van der Waals surface area contributed by atoms with Crippen LogP contribution in [0.1, 0.15) is 39.6 Å². The number of nitrogens with one attached hydrogen (secondary N) is 2. The predicted octanol–water partition coefficient (Wildman–Crippen LogP) is 5.12. The molecule has 0 spiro atoms. The van der Waals surface area contributed by atoms with Gasteiger partial charge < -0.3 is 19.8 Å². The van der Waals surface area contributed by atoms with Gasteiger partial charge in [0.25, 0.3) is 11.8 Å². The summed E-state index contributed by atoms with van der Waals surface area (Å²) in [6, 6.07) is 21.6. The standard InChI is InChI=1S/C28H28N4O4/c1-3-35-16-6-15-29-25(33)22-8-5-10-24(18-22)30-26(34)20-11-13-21(14-12-20)27-31-32-28(36-27)23-9-4-7-19(2)17-23/h4-5,7-14,17-18H,3,6,15-16H2,1-2H3,(H,29,33)(H,30,34). The van der Waals surface area contributed by atoms with Crippen molar-refractivity contribution in [1.29, 1.82) is 0 Å². The third-order valence-corrected chi connectivity index (χ3v) is 5.42. The molecule has 0 radical (unpaired) electrons. The van der Waals surface area contributed by atoms with E-state index in [9.17, 15) is 9.59 Å². The molecule has 0 aliphatic rings. The first kappa shape index (κ1) is 24.8. The summed E-state index contributed by atoms with van der Waals surface area (Å²) in [7, 11) is 0. The molecule has 0 aliphatic heterocycles. The minimum absolute atomic E-state index is 0.198. The molecule has 36 heavy (non-hydrogen) atoms. The van der Waals surface area contributed by atoms with Gasteiger partial charge in [-0.3, -0.25) is 9.59 Å². The largest absolute Gasteiger partial charge is 0.416 e. The van der Waals surface area contributed by atoms with Crippen molar-refractivity contribution >= 4 is 17.5 Å². The van der Waals surface area contributed by atoms with Crippen LogP contribution < -0.4 is 10.6 Å². The van der Waals surface area contributed by atoms with E-state index in [0.29, 0.717) is 53.9 Å². The molecule has 4 aromatic rings. The molecule has 1 aromatic heterocycles. The number of nitrogens with zero attached hydrogens (tertiary/aromatic N) is 2. The van der Waals surface area contributed by atoms with Crippen molar-refractivity contribution in [3.05, 3.63) is 89.5 Å². The third-order valence-electron chi connectivity index (χ3n) is 5.42. The highest BCUT2D eigenvalue weighted by Gasteiger charge is 2.13. The molecule has 0 aliphatic carbocycles. The average molecular weight is 485 g/mol. The van der Waals surface area contributed by atoms with Crippen LogP contribution in [0.4, 0.5) is 5.69 Å². The Morgan fingerprint density at radius 2 is 1.61 bits per heavy atom. The minimum Gasteiger partial charge on any atom is -0.416 e. The predicted molar refractivity (Wildman–Crippen MR) is 138 cm³/mol. The van der Waals surface area contributed by atoms with Crippen LogP contribution in [-0.2, 0) is 4.74 Å². The summed E-state index contributed by atoms with van der Waals surface area (Å²) in [5.41, 5.74) is 4.13. The Balaban J connectivity index is 1.37. The van der Waals surface area contributed by atoms with E-state index in [0.717, 1.165) is 17.5 Å². The van der Waals surface area contributed by atoms with Crippen molar-refractivity contribution in [2.24, 2.45) is 0 Å². The van der Waals surface area contributed by atoms with E-state index in [4.69, 9.17) is 9.15 Å². The molecule has 0 saturated heterocycles. The zero-order valence-electron chi connectivity index (χ0n) is 20.3. The number of ether oxygens (including phenoxy) is 1. The molecule has 3 aromatic carbocycles. The highest BCUT2D eigenvalue weighted by Crippen LogP contribution is 2.25. The second-order valence-electron chi connectivity index (χ2n) is 8.20. The van der Waals surface area contributed by atoms with E-state index in [-0.39, 0.29) is 11.8 Å². The summed E-state index contributed by atoms with van der Waals surface area (Å²) in [6.45, 7) is 5.72. The Kier molecular flexibility index (Phi) is 8.20. The van der Waals surface area contributed by atoms with Gasteiger partial charge in [0.15, 0.2) is 0 Å². The fraction of sp³-hybridized carbons (Fsp3) is 0.214. The van der Waals surface area contributed by atoms with Crippen molar-refractivity contribution in [3.8, 4) is 22.9 Å². The van der Waals surface area contributed by atoms with Gasteiger partial charge in [0.1, 0.15) is 0 Å². The minimum atomic E-state index is -0.290. The molecule has 0 unspecified atom stereocenters. The molecule has 0 atom stereocenters. The van der Waals surface area contributed by atoms with Crippen LogP contribution >= 0.6 is 0 Å². The quantitative estimate of drug-likeness (QED) is 0.303. The van der Waals surface area contributed by atoms with Gasteiger partial charge in [-0.2, -0.15) is 0 Å². The smallest absolute Gasteiger partial charge is 0.255 e. The molecule has 8 heteroatoms. The summed E-state index contributed by atoms with van der Waals surface area (Å²) in [5, 5.41) is 14.0. The van der Waals surface area contributed by atoms with Crippen molar-refractivity contribution in [2.45, 2.75) is 20.3 Å². The first-order valence-electron chi connectivity index (χ1n) is 11.8. The lowest BCUT2D eigenvalue weighted by atomic mass is 10.1. The van der Waals surface area contributed by atoms with Crippen LogP contribution in [0.5, 0.6) is 0 Å². The highest BCUT2D eigenvalue weighted by molar-refractivity contribution is 6.05. The highest BCUT2D eigenvalue weighted by atomic mass is 16.5. The summed E-state index contributed by atoms with van der Waals surface area (Å²) in [4.78, 5) is 25.1. The molecule has 0 saturated carbocycles. The van der Waals surface area contributed by atoms with Crippen LogP contribution in [0.2, 0.25) is 0 Å². The lowest BCUT2D eigenvalue weighted by molar-refractivity contribution is 0.0943. The van der Waals surface area contributed by atoms with E-state index in [1.54, 1.807) is 48.5 Å². The lowest BCUT2D eigenvalue weighted by Crippen LogP contribution is -2.25. The number of carbonyl (C=O) groups excluding carboxylic acids is 2. The van der Waals surface area contributed by atoms with E-state index < -0.39 is 0 Å². The van der Waals surface area contributed by atoms with E-state index in [1.165, 1.54) is 0 Å². The number of hydrogen-bond acceptors (Lipinski definition) is 6. The number of aryl methyl sites for hydroxylation is 1. The van der Waals surface area contributed by atoms with E-state index in [2.05, 4.69) is 20.8 Å². The Morgan fingerprint density at radius 3 is 2.36 bits per heavy atom. The van der Waals surface area contributed by atoms with Gasteiger partial charge in [-0.05, 0) is 74.9 Å². The number of amides is 2. The molecule has 184 valence electrons. The van der Waals surface area contributed by atoms with Gasteiger partial charge in [-0.1, -0.05) is 23.8 Å². The summed E-state index contributed by atoms with van der Waals surface area (Å²) >= 11 is 0. The number of rotatable bonds is 10. The topological polar surface area (TPSA) is 106 Å². The number of benzene rings is 3. The van der Waals surface area contributed by atoms with Gasteiger partial charge in [-0.25, -0.2) is 0 Å². The Hall–Kier alpha value is -4.30. The molecule has 1 heterocycles. The molecule has 2 amide bonds. The van der Waals surface area contributed by atoms with Crippen LogP contribution in [-0.4, -0.2) is 41.8 Å². The lowest BCUT2D eigenvalue weighted by Gasteiger charge is -2.09. The zero-order chi connectivity index (χ0) is 25.3. The fourth-order valence-electron chi connectivity index (χ4n) is 3.56. The fourth-order valence-corrected chi connectivity index (χ4v) is 3.56. The first-order valence-corrected chi connectivity index (χ1v) is 11.8. The number of carbonyl (C=O) groups is 2. The summed E-state index contributed by atoms with van der Waals surface area (Å²) in [5.74, 6) is 0.325. The maximum Gasteiger partial charge on any atom is 0.255 e. The van der Waals surface area contributed by atoms with Crippen molar-refractivity contribution < 1.29 is 18.7 Å². The summed E-state index contributed by atoms with van der Waals surface area (Å²) < 4.78 is 11.1. The molecular formula is C28H28N4O4. The SMILES string of the molecule is CCOCCCNC(=O)c1cccc(NC(=O)c2ccc(-c3nnc(-c4cccc(C)c4)o3)cc2)c1. The van der Waals surface area contributed by atoms with Gasteiger partial charge in [0.2, 0.25) is 11.8 Å². The Labute approximate surface area is 209 Å². The van der Waals surface area contributed by atoms with Crippen molar-refractivity contribution in [1.82, 2.24) is 15.5 Å². The van der Waals surface area contributed by atoms with E-state index >= 15 is 0 Å². The Bertz CT molecular complexity index is 1330. The van der Waals surface area contributed by atoms with Gasteiger partial charge in [0, 0.05) is 47.7 Å². The maximum absolute atomic E-state index is 12.8. The second-order valence-corrected chi connectivity index (χ2v) is 8.20. The number of hydrogen-bond donors (Lipinski definition) is 2. The second kappa shape index (κ2) is 11.9. The van der Waals surface area contributed by atoms with Crippen LogP contribution in [0.25, 0.3) is 22.9 Å². The molecule has 8 nitrogen and oxygen atoms in total. The molecule has 0 fully saturated rings. The van der Waals surface area contributed by atoms with E-state index in [1.807, 2.05) is 38.1 Å². The van der Waals surface area contributed by atoms with Gasteiger partial charge in [0.05, 0.1) is 0 Å². The van der Waals surface area contributed by atoms with Crippen molar-refractivity contribution in [2.75, 3.05) is 25.1 Å². The average Bonchev–Trinajstić information content (AvgIpc) is 3.39. The van der Waals surface area contributed by atoms with Gasteiger partial charge in [-0.15, -0.1) is 10.2 Å². The normalized spacial score (nSPS) is 10.7. The zero-order valence-corrected chi connectivity index (χ0v) is 20.3. The monoisotopic (exact) mass is 484 g/mol. The molecular weight excluding hydrogens is 456 g/mol. The Morgan fingerprint density at radius 1 is 0.861 bits per heavy atom. The third kappa shape index (κ3) is 6.43. The molecule has 2 N–H and O–H groups in total. The van der Waals surface area contributed by atoms with Crippen LogP contribution in [0, 0.1) is 6.92 Å². The first-order chi connectivity index (χ1) is 17.5. The maximum atomic E-state index is 12.8. The number of aromatic nitrogens is 2. The number of anilines is 1. The van der Waals surface area contributed by atoms with Crippen molar-refractivity contribution in [3.63, 3.8) is 0 Å². The molecule has 0 bridgehead atoms. The van der Waals surface area contributed by atoms with Crippen LogP contribution in [0.3, 0.4) is 0 Å². The molecule has 4 rings (SSSR count). The summed E-state index contributed by atoms with van der Waals surface area (Å²) in [6.07, 6.45) is 0.739.